The molecule has 1 nitrogen and oxygen atoms in total. The Labute approximate surface area is 45.2 Å². The highest BCUT2D eigenvalue weighted by Gasteiger charge is 1.68. The van der Waals surface area contributed by atoms with Crippen LogP contribution in [0.15, 0.2) is 12.2 Å². The first-order chi connectivity index (χ1) is 3.41. The smallest absolute Gasteiger partial charge is 0.0281 e. The number of hydrogen-bond donors (Lipinski definition) is 0. The summed E-state index contributed by atoms with van der Waals surface area (Å²) < 4.78 is 0. The third-order valence-corrected chi connectivity index (χ3v) is 0.740. The van der Waals surface area contributed by atoms with Crippen molar-refractivity contribution in [3.63, 3.8) is 0 Å². The van der Waals surface area contributed by atoms with Crippen LogP contribution >= 0.6 is 0 Å². The molecule has 0 aliphatic carbocycles. The van der Waals surface area contributed by atoms with E-state index in [0.717, 1.165) is 6.42 Å². The second kappa shape index (κ2) is 5.70. The van der Waals surface area contributed by atoms with Crippen LogP contribution < -0.4 is 5.73 Å². The normalized spacial score (nSPS) is 10.6. The van der Waals surface area contributed by atoms with E-state index in [1.54, 1.807) is 0 Å². The van der Waals surface area contributed by atoms with Crippen molar-refractivity contribution in [3.05, 3.63) is 12.2 Å². The Hall–Kier alpha value is -0.300. The first-order valence-corrected chi connectivity index (χ1v) is 2.71. The summed E-state index contributed by atoms with van der Waals surface area (Å²) in [4.78, 5) is 0. The molecular formula is C6H12N. The summed E-state index contributed by atoms with van der Waals surface area (Å²) in [5, 5.41) is 0. The van der Waals surface area contributed by atoms with E-state index in [-0.39, 0.29) is 0 Å². The maximum Gasteiger partial charge on any atom is 0.0281 e. The molecule has 0 saturated carbocycles. The van der Waals surface area contributed by atoms with E-state index in [0.29, 0.717) is 6.54 Å². The standard InChI is InChI=1S/C6H12N/c1-2-3-4-5-6-7/h4-5,7H,2-3,6H2,1H3. The Morgan fingerprint density at radius 3 is 2.57 bits per heavy atom. The maximum absolute atomic E-state index is 6.69. The Kier molecular flexibility index (Phi) is 5.46. The molecular weight excluding hydrogens is 86.1 g/mol. The number of unbranched alkanes of at least 4 members (excludes halogenated alkanes) is 1. The van der Waals surface area contributed by atoms with Crippen LogP contribution in [-0.2, 0) is 0 Å². The molecule has 0 aliphatic rings. The summed E-state index contributed by atoms with van der Waals surface area (Å²) in [6, 6.07) is 0. The summed E-state index contributed by atoms with van der Waals surface area (Å²) in [5.74, 6) is 0. The van der Waals surface area contributed by atoms with E-state index in [2.05, 4.69) is 6.92 Å². The fraction of sp³-hybridized carbons (Fsp3) is 0.667. The van der Waals surface area contributed by atoms with Gasteiger partial charge in [-0.25, -0.2) is 0 Å². The monoisotopic (exact) mass is 98.1 g/mol. The van der Waals surface area contributed by atoms with Gasteiger partial charge < -0.3 is 0 Å². The van der Waals surface area contributed by atoms with Crippen molar-refractivity contribution in [2.24, 2.45) is 0 Å². The van der Waals surface area contributed by atoms with Crippen LogP contribution in [0.4, 0.5) is 0 Å². The molecule has 7 heavy (non-hydrogen) atoms. The molecule has 0 spiro atoms. The summed E-state index contributed by atoms with van der Waals surface area (Å²) in [6.45, 7) is 2.56. The van der Waals surface area contributed by atoms with E-state index in [1.807, 2.05) is 12.2 Å². The van der Waals surface area contributed by atoms with Crippen LogP contribution in [0, 0.1) is 0 Å². The van der Waals surface area contributed by atoms with Crippen molar-refractivity contribution in [1.82, 2.24) is 5.73 Å². The second-order valence-electron chi connectivity index (χ2n) is 1.46. The van der Waals surface area contributed by atoms with Gasteiger partial charge in [-0.1, -0.05) is 25.5 Å². The molecule has 1 N–H and O–H groups in total. The molecule has 0 aromatic carbocycles. The predicted octanol–water partition coefficient (Wildman–Crippen LogP) is 1.63. The van der Waals surface area contributed by atoms with Gasteiger partial charge in [0.2, 0.25) is 0 Å². The van der Waals surface area contributed by atoms with Gasteiger partial charge in [0.15, 0.2) is 0 Å². The molecule has 0 atom stereocenters. The van der Waals surface area contributed by atoms with Gasteiger partial charge >= 0.3 is 0 Å². The molecule has 0 aromatic heterocycles. The molecule has 0 bridgehead atoms. The molecule has 1 radical (unpaired) electrons. The zero-order chi connectivity index (χ0) is 5.54. The number of nitrogens with one attached hydrogen (secondary N) is 1. The average molecular weight is 98.2 g/mol. The van der Waals surface area contributed by atoms with E-state index in [4.69, 9.17) is 5.73 Å². The molecule has 0 saturated heterocycles. The summed E-state index contributed by atoms with van der Waals surface area (Å²) in [5.41, 5.74) is 6.69. The lowest BCUT2D eigenvalue weighted by molar-refractivity contribution is 0.952. The van der Waals surface area contributed by atoms with E-state index in [9.17, 15) is 0 Å². The minimum Gasteiger partial charge on any atom is -0.254 e. The topological polar surface area (TPSA) is 23.8 Å². The molecule has 0 aromatic rings. The van der Waals surface area contributed by atoms with Gasteiger partial charge in [-0.05, 0) is 6.42 Å². The van der Waals surface area contributed by atoms with Crippen LogP contribution in [0.1, 0.15) is 19.8 Å². The quantitative estimate of drug-likeness (QED) is 0.479. The highest BCUT2D eigenvalue weighted by Crippen LogP contribution is 1.85. The Morgan fingerprint density at radius 2 is 2.14 bits per heavy atom. The minimum atomic E-state index is 0.431. The molecule has 41 valence electrons. The van der Waals surface area contributed by atoms with Gasteiger partial charge in [0, 0.05) is 6.54 Å². The van der Waals surface area contributed by atoms with Crippen molar-refractivity contribution >= 4 is 0 Å². The molecule has 0 aliphatic heterocycles. The lowest BCUT2D eigenvalue weighted by Crippen LogP contribution is -1.73. The third-order valence-electron chi connectivity index (χ3n) is 0.740. The van der Waals surface area contributed by atoms with Crippen LogP contribution in [0.25, 0.3) is 0 Å². The van der Waals surface area contributed by atoms with Crippen molar-refractivity contribution < 1.29 is 0 Å². The molecule has 0 fully saturated rings. The van der Waals surface area contributed by atoms with Crippen LogP contribution in [0.5, 0.6) is 0 Å². The van der Waals surface area contributed by atoms with E-state index in [1.165, 1.54) is 6.42 Å². The Balaban J connectivity index is 2.78. The lowest BCUT2D eigenvalue weighted by atomic mass is 10.3. The summed E-state index contributed by atoms with van der Waals surface area (Å²) >= 11 is 0. The molecule has 0 amide bonds. The highest BCUT2D eigenvalue weighted by atomic mass is 14.5. The van der Waals surface area contributed by atoms with Crippen LogP contribution in [-0.4, -0.2) is 6.54 Å². The Morgan fingerprint density at radius 1 is 1.43 bits per heavy atom. The van der Waals surface area contributed by atoms with Gasteiger partial charge in [-0.3, -0.25) is 5.73 Å². The number of rotatable bonds is 3. The lowest BCUT2D eigenvalue weighted by Gasteiger charge is -1.79. The van der Waals surface area contributed by atoms with Gasteiger partial charge in [0.05, 0.1) is 0 Å². The molecule has 0 unspecified atom stereocenters. The fourth-order valence-electron chi connectivity index (χ4n) is 0.368. The SMILES string of the molecule is CCCC=CC[NH]. The van der Waals surface area contributed by atoms with Crippen LogP contribution in [0.2, 0.25) is 0 Å². The van der Waals surface area contributed by atoms with E-state index < -0.39 is 0 Å². The molecule has 0 rings (SSSR count). The maximum atomic E-state index is 6.69. The number of hydrogen-bond acceptors (Lipinski definition) is 0. The predicted molar refractivity (Wildman–Crippen MR) is 32.0 cm³/mol. The highest BCUT2D eigenvalue weighted by molar-refractivity contribution is 4.80. The second-order valence-corrected chi connectivity index (χ2v) is 1.46. The summed E-state index contributed by atoms with van der Waals surface area (Å²) in [7, 11) is 0. The molecule has 0 heterocycles. The van der Waals surface area contributed by atoms with Crippen molar-refractivity contribution in [2.45, 2.75) is 19.8 Å². The van der Waals surface area contributed by atoms with Gasteiger partial charge in [0.1, 0.15) is 0 Å². The number of allylic oxidation sites excluding steroid dienone is 1. The Bertz CT molecular complexity index is 48.1. The van der Waals surface area contributed by atoms with Crippen molar-refractivity contribution in [1.29, 1.82) is 0 Å². The van der Waals surface area contributed by atoms with Crippen LogP contribution in [0.3, 0.4) is 0 Å². The van der Waals surface area contributed by atoms with Gasteiger partial charge in [0.25, 0.3) is 0 Å². The van der Waals surface area contributed by atoms with Crippen molar-refractivity contribution in [3.8, 4) is 0 Å². The third kappa shape index (κ3) is 5.70. The largest absolute Gasteiger partial charge is 0.254 e. The zero-order valence-corrected chi connectivity index (χ0v) is 4.78. The van der Waals surface area contributed by atoms with Crippen molar-refractivity contribution in [2.75, 3.05) is 6.54 Å². The minimum absolute atomic E-state index is 0.431. The summed E-state index contributed by atoms with van der Waals surface area (Å²) in [6.07, 6.45) is 6.24. The average Bonchev–Trinajstić information content (AvgIpc) is 1.69. The fourth-order valence-corrected chi connectivity index (χ4v) is 0.368. The first-order valence-electron chi connectivity index (χ1n) is 2.71. The first kappa shape index (κ1) is 6.70. The van der Waals surface area contributed by atoms with Gasteiger partial charge in [-0.15, -0.1) is 0 Å². The zero-order valence-electron chi connectivity index (χ0n) is 4.78. The van der Waals surface area contributed by atoms with Gasteiger partial charge in [-0.2, -0.15) is 0 Å². The van der Waals surface area contributed by atoms with E-state index >= 15 is 0 Å². The molecule has 1 heteroatoms.